The average Bonchev–Trinajstić information content (AvgIpc) is 3.23. The largest absolute Gasteiger partial charge is 0.416 e. The Morgan fingerprint density at radius 2 is 1.70 bits per heavy atom. The Labute approximate surface area is 205 Å². The van der Waals surface area contributed by atoms with Gasteiger partial charge in [-0.3, -0.25) is 9.88 Å². The summed E-state index contributed by atoms with van der Waals surface area (Å²) in [6.07, 6.45) is -11.3. The molecule has 0 radical (unpaired) electrons. The van der Waals surface area contributed by atoms with Crippen molar-refractivity contribution in [3.05, 3.63) is 87.3 Å². The minimum absolute atomic E-state index is 0.0379. The molecular formula is C23H21F7N4O3. The van der Waals surface area contributed by atoms with E-state index in [2.05, 4.69) is 10.1 Å². The minimum Gasteiger partial charge on any atom is -0.349 e. The maximum atomic E-state index is 13.6. The highest BCUT2D eigenvalue weighted by atomic mass is 19.4. The number of nitrogens with zero attached hydrogens (tertiary/aromatic N) is 3. The number of ether oxygens (including phenoxy) is 2. The van der Waals surface area contributed by atoms with E-state index in [1.54, 1.807) is 4.90 Å². The van der Waals surface area contributed by atoms with Gasteiger partial charge in [0.15, 0.2) is 6.29 Å². The highest BCUT2D eigenvalue weighted by molar-refractivity contribution is 5.34. The normalized spacial score (nSPS) is 20.2. The molecule has 1 fully saturated rings. The summed E-state index contributed by atoms with van der Waals surface area (Å²) in [5, 5.41) is 3.90. The number of hydrogen-bond donors (Lipinski definition) is 1. The Morgan fingerprint density at radius 1 is 1.08 bits per heavy atom. The van der Waals surface area contributed by atoms with Gasteiger partial charge in [0.1, 0.15) is 12.1 Å². The lowest BCUT2D eigenvalue weighted by atomic mass is 10.0. The summed E-state index contributed by atoms with van der Waals surface area (Å²) in [5.41, 5.74) is -3.30. The van der Waals surface area contributed by atoms with E-state index in [1.807, 2.05) is 0 Å². The summed E-state index contributed by atoms with van der Waals surface area (Å²) in [6.45, 7) is 1.61. The van der Waals surface area contributed by atoms with E-state index in [1.165, 1.54) is 37.5 Å². The summed E-state index contributed by atoms with van der Waals surface area (Å²) in [5.74, 6) is -0.523. The van der Waals surface area contributed by atoms with Gasteiger partial charge in [-0.05, 0) is 48.4 Å². The van der Waals surface area contributed by atoms with Crippen molar-refractivity contribution in [2.24, 2.45) is 0 Å². The lowest BCUT2D eigenvalue weighted by Gasteiger charge is -2.41. The second kappa shape index (κ2) is 10.3. The quantitative estimate of drug-likeness (QED) is 0.457. The van der Waals surface area contributed by atoms with Crippen molar-refractivity contribution in [3.8, 4) is 0 Å². The number of halogens is 7. The molecule has 0 aliphatic carbocycles. The van der Waals surface area contributed by atoms with Crippen LogP contribution in [0.1, 0.15) is 41.3 Å². The molecule has 0 bridgehead atoms. The first-order chi connectivity index (χ1) is 17.3. The zero-order chi connectivity index (χ0) is 27.0. The van der Waals surface area contributed by atoms with Crippen molar-refractivity contribution in [2.45, 2.75) is 44.4 Å². The molecule has 3 aromatic rings. The lowest BCUT2D eigenvalue weighted by molar-refractivity contribution is -0.234. The smallest absolute Gasteiger partial charge is 0.349 e. The van der Waals surface area contributed by atoms with Crippen molar-refractivity contribution in [1.82, 2.24) is 19.7 Å². The van der Waals surface area contributed by atoms with Crippen LogP contribution < -0.4 is 5.69 Å². The van der Waals surface area contributed by atoms with E-state index in [0.29, 0.717) is 17.7 Å². The number of nitrogens with one attached hydrogen (secondary N) is 1. The van der Waals surface area contributed by atoms with Crippen LogP contribution in [0.5, 0.6) is 0 Å². The number of hydrogen-bond acceptors (Lipinski definition) is 5. The second-order valence-corrected chi connectivity index (χ2v) is 8.40. The van der Waals surface area contributed by atoms with Gasteiger partial charge in [0.25, 0.3) is 0 Å². The maximum Gasteiger partial charge on any atom is 0.416 e. The molecular weight excluding hydrogens is 513 g/mol. The van der Waals surface area contributed by atoms with Crippen LogP contribution >= 0.6 is 0 Å². The van der Waals surface area contributed by atoms with Gasteiger partial charge in [-0.15, -0.1) is 0 Å². The van der Waals surface area contributed by atoms with Crippen LogP contribution in [0, 0.1) is 5.82 Å². The van der Waals surface area contributed by atoms with E-state index in [-0.39, 0.29) is 31.5 Å². The van der Waals surface area contributed by atoms with Crippen LogP contribution in [0.4, 0.5) is 30.7 Å². The molecule has 4 rings (SSSR count). The number of aromatic amines is 1. The third-order valence-electron chi connectivity index (χ3n) is 5.88. The van der Waals surface area contributed by atoms with Crippen LogP contribution in [0.25, 0.3) is 0 Å². The number of H-pyrrole nitrogens is 1. The Bertz CT molecular complexity index is 1240. The predicted octanol–water partition coefficient (Wildman–Crippen LogP) is 4.88. The molecule has 37 heavy (non-hydrogen) atoms. The Hall–Kier alpha value is -3.23. The first-order valence-electron chi connectivity index (χ1n) is 11.0. The molecule has 2 heterocycles. The topological polar surface area (TPSA) is 72.4 Å². The standard InChI is InChI=1S/C23H21F7N4O3/c1-13(15-8-16(22(25,26)27)10-17(9-15)23(28,29)30)37-20-19(14-2-4-18(24)5-3-14)33(6-7-36-20)12-34-21(35)31-11-32-34/h2-5,8-11,13,19-20H,6-7,12H2,1H3,(H,31,32,35)/t13-,19-,20-/m1/s1. The summed E-state index contributed by atoms with van der Waals surface area (Å²) < 4.78 is 106. The number of benzene rings is 2. The lowest BCUT2D eigenvalue weighted by Crippen LogP contribution is -2.48. The fraction of sp³-hybridized carbons (Fsp3) is 0.391. The first-order valence-corrected chi connectivity index (χ1v) is 11.0. The molecule has 1 aliphatic heterocycles. The molecule has 200 valence electrons. The molecule has 2 aromatic carbocycles. The fourth-order valence-electron chi connectivity index (χ4n) is 4.04. The van der Waals surface area contributed by atoms with E-state index in [9.17, 15) is 35.5 Å². The van der Waals surface area contributed by atoms with Crippen molar-refractivity contribution in [1.29, 1.82) is 0 Å². The van der Waals surface area contributed by atoms with E-state index >= 15 is 0 Å². The van der Waals surface area contributed by atoms with Gasteiger partial charge < -0.3 is 9.47 Å². The van der Waals surface area contributed by atoms with Crippen LogP contribution in [0.2, 0.25) is 0 Å². The highest BCUT2D eigenvalue weighted by Crippen LogP contribution is 2.39. The molecule has 0 spiro atoms. The third kappa shape index (κ3) is 6.19. The third-order valence-corrected chi connectivity index (χ3v) is 5.88. The SMILES string of the molecule is C[C@@H](O[C@H]1OCCN(Cn2nc[nH]c2=O)[C@@H]1c1ccc(F)cc1)c1cc(C(F)(F)F)cc(C(F)(F)F)c1. The summed E-state index contributed by atoms with van der Waals surface area (Å²) >= 11 is 0. The molecule has 0 amide bonds. The summed E-state index contributed by atoms with van der Waals surface area (Å²) in [6, 6.07) is 5.70. The first kappa shape index (κ1) is 26.8. The van der Waals surface area contributed by atoms with Crippen molar-refractivity contribution in [3.63, 3.8) is 0 Å². The van der Waals surface area contributed by atoms with Gasteiger partial charge in [-0.1, -0.05) is 12.1 Å². The number of rotatable bonds is 6. The van der Waals surface area contributed by atoms with Crippen molar-refractivity contribution in [2.75, 3.05) is 13.2 Å². The van der Waals surface area contributed by atoms with Gasteiger partial charge in [-0.25, -0.2) is 9.18 Å². The Kier molecular flexibility index (Phi) is 7.44. The van der Waals surface area contributed by atoms with Gasteiger partial charge in [0, 0.05) is 6.54 Å². The number of alkyl halides is 6. The van der Waals surface area contributed by atoms with E-state index < -0.39 is 53.4 Å². The summed E-state index contributed by atoms with van der Waals surface area (Å²) in [7, 11) is 0. The zero-order valence-corrected chi connectivity index (χ0v) is 19.2. The summed E-state index contributed by atoms with van der Waals surface area (Å²) in [4.78, 5) is 16.1. The molecule has 1 aromatic heterocycles. The van der Waals surface area contributed by atoms with E-state index in [0.717, 1.165) is 4.68 Å². The van der Waals surface area contributed by atoms with Gasteiger partial charge in [0.2, 0.25) is 0 Å². The van der Waals surface area contributed by atoms with Gasteiger partial charge in [0.05, 0.1) is 36.5 Å². The van der Waals surface area contributed by atoms with Crippen LogP contribution in [-0.2, 0) is 28.5 Å². The Morgan fingerprint density at radius 3 is 2.24 bits per heavy atom. The van der Waals surface area contributed by atoms with Gasteiger partial charge >= 0.3 is 18.0 Å². The van der Waals surface area contributed by atoms with Crippen molar-refractivity contribution >= 4 is 0 Å². The molecule has 1 N–H and O–H groups in total. The second-order valence-electron chi connectivity index (χ2n) is 8.40. The molecule has 0 unspecified atom stereocenters. The minimum atomic E-state index is -5.01. The number of aromatic nitrogens is 3. The highest BCUT2D eigenvalue weighted by Gasteiger charge is 2.39. The molecule has 1 saturated heterocycles. The van der Waals surface area contributed by atoms with E-state index in [4.69, 9.17) is 9.47 Å². The monoisotopic (exact) mass is 534 g/mol. The molecule has 3 atom stereocenters. The van der Waals surface area contributed by atoms with Crippen LogP contribution in [0.15, 0.2) is 53.6 Å². The van der Waals surface area contributed by atoms with Crippen LogP contribution in [0.3, 0.4) is 0 Å². The fourth-order valence-corrected chi connectivity index (χ4v) is 4.04. The molecule has 0 saturated carbocycles. The predicted molar refractivity (Wildman–Crippen MR) is 114 cm³/mol. The Balaban J connectivity index is 1.67. The number of morpholine rings is 1. The average molecular weight is 534 g/mol. The maximum absolute atomic E-state index is 13.6. The molecule has 14 heteroatoms. The van der Waals surface area contributed by atoms with Crippen LogP contribution in [-0.4, -0.2) is 39.1 Å². The molecule has 7 nitrogen and oxygen atoms in total. The van der Waals surface area contributed by atoms with Gasteiger partial charge in [-0.2, -0.15) is 36.1 Å². The van der Waals surface area contributed by atoms with Crippen molar-refractivity contribution < 1.29 is 40.2 Å². The zero-order valence-electron chi connectivity index (χ0n) is 19.2. The molecule has 1 aliphatic rings.